The number of piperazine rings is 1. The van der Waals surface area contributed by atoms with Crippen molar-refractivity contribution in [1.29, 1.82) is 0 Å². The number of rotatable bonds is 8. The quantitative estimate of drug-likeness (QED) is 0.308. The summed E-state index contributed by atoms with van der Waals surface area (Å²) in [4.78, 5) is 22.5. The first-order chi connectivity index (χ1) is 19.8. The first kappa shape index (κ1) is 28.1. The molecule has 0 unspecified atom stereocenters. The van der Waals surface area contributed by atoms with Crippen LogP contribution >= 0.6 is 0 Å². The van der Waals surface area contributed by atoms with Gasteiger partial charge in [0.1, 0.15) is 27.9 Å². The molecule has 1 saturated heterocycles. The lowest BCUT2D eigenvalue weighted by Gasteiger charge is -2.35. The van der Waals surface area contributed by atoms with Crippen molar-refractivity contribution in [2.24, 2.45) is 0 Å². The molecule has 0 aliphatic carbocycles. The maximum Gasteiger partial charge on any atom is 0.341 e. The Morgan fingerprint density at radius 2 is 1.73 bits per heavy atom. The fourth-order valence-electron chi connectivity index (χ4n) is 4.65. The number of hydrogen-bond acceptors (Lipinski definition) is 8. The number of ether oxygens (including phenoxy) is 1. The van der Waals surface area contributed by atoms with Gasteiger partial charge in [-0.15, -0.1) is 0 Å². The molecular weight excluding hydrogens is 552 g/mol. The Labute approximate surface area is 236 Å². The van der Waals surface area contributed by atoms with Crippen LogP contribution in [0.25, 0.3) is 11.1 Å². The number of anilines is 2. The number of carbonyl (C=O) groups is 1. The van der Waals surface area contributed by atoms with Crippen LogP contribution in [0.2, 0.25) is 0 Å². The third-order valence-electron chi connectivity index (χ3n) is 6.87. The van der Waals surface area contributed by atoms with E-state index in [-0.39, 0.29) is 22.6 Å². The number of nitrogens with one attached hydrogen (secondary N) is 1. The van der Waals surface area contributed by atoms with Crippen LogP contribution in [0.4, 0.5) is 20.3 Å². The first-order valence-electron chi connectivity index (χ1n) is 12.8. The fraction of sp³-hybridized carbons (Fsp3) is 0.207. The second-order valence-corrected chi connectivity index (χ2v) is 11.2. The summed E-state index contributed by atoms with van der Waals surface area (Å²) in [7, 11) is -2.57. The third kappa shape index (κ3) is 6.03. The summed E-state index contributed by atoms with van der Waals surface area (Å²) in [6.45, 7) is 1.87. The highest BCUT2D eigenvalue weighted by molar-refractivity contribution is 7.89. The number of nitrogens with zero attached hydrogens (tertiary/aromatic N) is 4. The molecule has 9 nitrogen and oxygen atoms in total. The molecule has 41 heavy (non-hydrogen) atoms. The number of benzene rings is 2. The van der Waals surface area contributed by atoms with E-state index in [1.807, 2.05) is 12.1 Å². The molecule has 0 atom stereocenters. The predicted molar refractivity (Wildman–Crippen MR) is 150 cm³/mol. The minimum atomic E-state index is -3.72. The van der Waals surface area contributed by atoms with Crippen LogP contribution < -0.4 is 10.2 Å². The second kappa shape index (κ2) is 12.0. The summed E-state index contributed by atoms with van der Waals surface area (Å²) in [5.41, 5.74) is 1.57. The molecule has 1 fully saturated rings. The molecule has 212 valence electrons. The Balaban J connectivity index is 1.22. The van der Waals surface area contributed by atoms with E-state index in [1.165, 1.54) is 46.9 Å². The van der Waals surface area contributed by atoms with Crippen LogP contribution in [0.3, 0.4) is 0 Å². The minimum Gasteiger partial charge on any atom is -0.465 e. The predicted octanol–water partition coefficient (Wildman–Crippen LogP) is 4.33. The maximum absolute atomic E-state index is 15.0. The largest absolute Gasteiger partial charge is 0.465 e. The Kier molecular flexibility index (Phi) is 8.22. The normalized spacial score (nSPS) is 14.1. The van der Waals surface area contributed by atoms with E-state index in [9.17, 15) is 22.0 Å². The van der Waals surface area contributed by atoms with Gasteiger partial charge < -0.3 is 15.0 Å². The van der Waals surface area contributed by atoms with Crippen molar-refractivity contribution in [2.75, 3.05) is 43.5 Å². The lowest BCUT2D eigenvalue weighted by Crippen LogP contribution is -2.48. The highest BCUT2D eigenvalue weighted by Gasteiger charge is 2.29. The van der Waals surface area contributed by atoms with Gasteiger partial charge in [-0.1, -0.05) is 24.3 Å². The van der Waals surface area contributed by atoms with Gasteiger partial charge in [-0.2, -0.15) is 4.31 Å². The number of hydrogen-bond donors (Lipinski definition) is 1. The first-order valence-corrected chi connectivity index (χ1v) is 14.2. The van der Waals surface area contributed by atoms with E-state index >= 15 is 0 Å². The molecular formula is C29H27F2N5O4S. The van der Waals surface area contributed by atoms with Gasteiger partial charge in [0.15, 0.2) is 0 Å². The molecule has 0 radical (unpaired) electrons. The van der Waals surface area contributed by atoms with Crippen LogP contribution in [0.5, 0.6) is 0 Å². The summed E-state index contributed by atoms with van der Waals surface area (Å²) < 4.78 is 61.7. The summed E-state index contributed by atoms with van der Waals surface area (Å²) in [6.07, 6.45) is 4.70. The van der Waals surface area contributed by atoms with Crippen LogP contribution in [0.1, 0.15) is 15.9 Å². The summed E-state index contributed by atoms with van der Waals surface area (Å²) in [6, 6.07) is 15.2. The number of aromatic nitrogens is 2. The highest BCUT2D eigenvalue weighted by Crippen LogP contribution is 2.28. The average Bonchev–Trinajstić information content (AvgIpc) is 3.00. The van der Waals surface area contributed by atoms with Gasteiger partial charge in [-0.25, -0.2) is 27.0 Å². The molecule has 5 rings (SSSR count). The monoisotopic (exact) mass is 579 g/mol. The maximum atomic E-state index is 15.0. The molecule has 2 aromatic carbocycles. The van der Waals surface area contributed by atoms with Gasteiger partial charge in [-0.05, 0) is 47.5 Å². The molecule has 4 aromatic rings. The Morgan fingerprint density at radius 1 is 0.976 bits per heavy atom. The smallest absolute Gasteiger partial charge is 0.341 e. The zero-order chi connectivity index (χ0) is 29.0. The minimum absolute atomic E-state index is 0.0647. The van der Waals surface area contributed by atoms with Gasteiger partial charge >= 0.3 is 5.97 Å². The molecule has 2 aromatic heterocycles. The van der Waals surface area contributed by atoms with Crippen molar-refractivity contribution < 1.29 is 26.7 Å². The lowest BCUT2D eigenvalue weighted by molar-refractivity contribution is 0.0596. The van der Waals surface area contributed by atoms with Crippen LogP contribution in [-0.2, 0) is 21.3 Å². The Hall–Kier alpha value is -4.42. The number of esters is 1. The van der Waals surface area contributed by atoms with E-state index in [0.717, 1.165) is 18.9 Å². The van der Waals surface area contributed by atoms with Crippen LogP contribution in [0, 0.1) is 11.6 Å². The van der Waals surface area contributed by atoms with Crippen molar-refractivity contribution in [3.05, 3.63) is 102 Å². The van der Waals surface area contributed by atoms with E-state index in [0.29, 0.717) is 43.1 Å². The number of halogens is 2. The number of methoxy groups -OCH3 is 1. The highest BCUT2D eigenvalue weighted by atomic mass is 32.2. The lowest BCUT2D eigenvalue weighted by atomic mass is 9.98. The van der Waals surface area contributed by atoms with E-state index in [4.69, 9.17) is 0 Å². The molecule has 0 spiro atoms. The molecule has 1 aliphatic rings. The Bertz CT molecular complexity index is 1650. The zero-order valence-electron chi connectivity index (χ0n) is 22.1. The summed E-state index contributed by atoms with van der Waals surface area (Å²) in [5.74, 6) is -1.81. The molecule has 0 amide bonds. The van der Waals surface area contributed by atoms with E-state index in [2.05, 4.69) is 24.9 Å². The van der Waals surface area contributed by atoms with Gasteiger partial charge in [0.2, 0.25) is 10.0 Å². The van der Waals surface area contributed by atoms with Crippen molar-refractivity contribution in [1.82, 2.24) is 14.3 Å². The zero-order valence-corrected chi connectivity index (χ0v) is 22.9. The number of sulfonamides is 1. The summed E-state index contributed by atoms with van der Waals surface area (Å²) >= 11 is 0. The van der Waals surface area contributed by atoms with E-state index in [1.54, 1.807) is 18.5 Å². The second-order valence-electron chi connectivity index (χ2n) is 9.29. The summed E-state index contributed by atoms with van der Waals surface area (Å²) in [5, 5.41) is 2.99. The third-order valence-corrected chi connectivity index (χ3v) is 8.75. The molecule has 0 bridgehead atoms. The molecule has 1 aliphatic heterocycles. The molecule has 0 saturated carbocycles. The number of pyridine rings is 2. The van der Waals surface area contributed by atoms with Crippen LogP contribution in [0.15, 0.2) is 84.1 Å². The van der Waals surface area contributed by atoms with Crippen molar-refractivity contribution >= 4 is 27.5 Å². The van der Waals surface area contributed by atoms with Gasteiger partial charge in [-0.3, -0.25) is 4.98 Å². The van der Waals surface area contributed by atoms with Gasteiger partial charge in [0, 0.05) is 62.6 Å². The molecule has 3 heterocycles. The van der Waals surface area contributed by atoms with Crippen molar-refractivity contribution in [2.45, 2.75) is 11.4 Å². The number of carbonyl (C=O) groups excluding carboxylic acids is 1. The van der Waals surface area contributed by atoms with E-state index < -0.39 is 27.6 Å². The molecule has 1 N–H and O–H groups in total. The van der Waals surface area contributed by atoms with Crippen molar-refractivity contribution in [3.63, 3.8) is 0 Å². The van der Waals surface area contributed by atoms with Crippen molar-refractivity contribution in [3.8, 4) is 11.1 Å². The fourth-order valence-corrected chi connectivity index (χ4v) is 6.01. The Morgan fingerprint density at radius 3 is 2.39 bits per heavy atom. The topological polar surface area (TPSA) is 105 Å². The SMILES string of the molecule is COC(=O)c1c(F)cccc1-c1ccc(CNc2ccc(S(=O)(=O)N3CCN(c4ccncc4)CC3)cn2)c(F)c1. The average molecular weight is 580 g/mol. The van der Waals surface area contributed by atoms with Gasteiger partial charge in [0.05, 0.1) is 7.11 Å². The molecule has 12 heteroatoms. The van der Waals surface area contributed by atoms with Gasteiger partial charge in [0.25, 0.3) is 0 Å². The standard InChI is InChI=1S/C29H27F2N5O4S/c1-40-29(37)28-24(3-2-4-25(28)30)20-5-6-21(26(31)17-20)18-33-27-8-7-23(19-34-27)41(38,39)36-15-13-35(14-16-36)22-9-11-32-12-10-22/h2-12,17,19H,13-16,18H2,1H3,(H,33,34). The van der Waals surface area contributed by atoms with Crippen LogP contribution in [-0.4, -0.2) is 61.9 Å².